The molecular formula is C29H27FN2O4S. The van der Waals surface area contributed by atoms with Crippen LogP contribution < -0.4 is 20.1 Å². The summed E-state index contributed by atoms with van der Waals surface area (Å²) in [5, 5.41) is 8.27. The monoisotopic (exact) mass is 518 g/mol. The summed E-state index contributed by atoms with van der Waals surface area (Å²) in [5.41, 5.74) is 3.55. The molecule has 2 aliphatic rings. The van der Waals surface area contributed by atoms with Crippen LogP contribution in [-0.4, -0.2) is 25.9 Å². The molecular weight excluding hydrogens is 491 g/mol. The van der Waals surface area contributed by atoms with Crippen LogP contribution >= 0.6 is 11.3 Å². The van der Waals surface area contributed by atoms with Gasteiger partial charge in [0.25, 0.3) is 5.91 Å². The van der Waals surface area contributed by atoms with E-state index in [1.54, 1.807) is 37.7 Å². The molecule has 5 rings (SSSR count). The minimum absolute atomic E-state index is 0.0124. The fourth-order valence-corrected chi connectivity index (χ4v) is 6.00. The molecule has 1 amide bonds. The summed E-state index contributed by atoms with van der Waals surface area (Å²) >= 11 is 1.65. The van der Waals surface area contributed by atoms with Crippen LogP contribution in [0.5, 0.6) is 11.5 Å². The number of ketones is 1. The van der Waals surface area contributed by atoms with Crippen molar-refractivity contribution in [3.8, 4) is 11.5 Å². The molecule has 1 aliphatic heterocycles. The van der Waals surface area contributed by atoms with E-state index in [1.165, 1.54) is 29.1 Å². The van der Waals surface area contributed by atoms with Crippen LogP contribution in [0.4, 0.5) is 10.1 Å². The van der Waals surface area contributed by atoms with Gasteiger partial charge in [-0.3, -0.25) is 9.59 Å². The van der Waals surface area contributed by atoms with Crippen molar-refractivity contribution >= 4 is 28.7 Å². The first-order chi connectivity index (χ1) is 17.9. The first kappa shape index (κ1) is 24.8. The molecule has 190 valence electrons. The minimum atomic E-state index is -0.668. The number of carbonyl (C=O) groups is 2. The van der Waals surface area contributed by atoms with Crippen LogP contribution in [-0.2, 0) is 9.59 Å². The highest BCUT2D eigenvalue weighted by molar-refractivity contribution is 7.10. The van der Waals surface area contributed by atoms with Gasteiger partial charge in [-0.2, -0.15) is 0 Å². The van der Waals surface area contributed by atoms with Gasteiger partial charge in [-0.05, 0) is 67.3 Å². The summed E-state index contributed by atoms with van der Waals surface area (Å²) in [6.07, 6.45) is 1.02. The molecule has 0 unspecified atom stereocenters. The molecule has 1 aromatic heterocycles. The Kier molecular flexibility index (Phi) is 6.84. The van der Waals surface area contributed by atoms with Gasteiger partial charge in [0.15, 0.2) is 5.78 Å². The SMILES string of the molecule is COc1ccc(OC)c([C@H]2C(C(=O)Nc3ccc(F)cc3)=C(C)NC3=C2C(=O)C[C@H](c2cccs2)C3)c1. The fourth-order valence-electron chi connectivity index (χ4n) is 5.17. The van der Waals surface area contributed by atoms with E-state index >= 15 is 0 Å². The Bertz CT molecular complexity index is 1410. The number of benzene rings is 2. The number of thiophene rings is 1. The molecule has 6 nitrogen and oxygen atoms in total. The molecule has 2 aromatic carbocycles. The second-order valence-corrected chi connectivity index (χ2v) is 10.1. The Hall–Kier alpha value is -3.91. The third-order valence-electron chi connectivity index (χ3n) is 6.87. The van der Waals surface area contributed by atoms with Crippen molar-refractivity contribution in [2.45, 2.75) is 31.6 Å². The quantitative estimate of drug-likeness (QED) is 0.425. The number of halogens is 1. The average molecular weight is 519 g/mol. The standard InChI is InChI=1S/C29H27FN2O4S/c1-16-26(29(34)32-19-8-6-18(30)7-9-19)27(21-15-20(35-2)10-11-24(21)36-3)28-22(31-16)13-17(14-23(28)33)25-5-4-12-37-25/h4-12,15,17,27,31H,13-14H2,1-3H3,(H,32,34)/t17-,27+/m1/s1. The van der Waals surface area contributed by atoms with Crippen molar-refractivity contribution in [1.29, 1.82) is 0 Å². The van der Waals surface area contributed by atoms with Gasteiger partial charge in [-0.15, -0.1) is 11.3 Å². The molecule has 0 bridgehead atoms. The largest absolute Gasteiger partial charge is 0.497 e. The molecule has 2 heterocycles. The number of hydrogen-bond acceptors (Lipinski definition) is 6. The van der Waals surface area contributed by atoms with Crippen LogP contribution in [0.2, 0.25) is 0 Å². The lowest BCUT2D eigenvalue weighted by molar-refractivity contribution is -0.116. The topological polar surface area (TPSA) is 76.7 Å². The van der Waals surface area contributed by atoms with Crippen molar-refractivity contribution in [2.75, 3.05) is 19.5 Å². The number of allylic oxidation sites excluding steroid dienone is 3. The van der Waals surface area contributed by atoms with Gasteiger partial charge in [0.1, 0.15) is 17.3 Å². The summed E-state index contributed by atoms with van der Waals surface area (Å²) in [4.78, 5) is 28.7. The predicted molar refractivity (Wildman–Crippen MR) is 141 cm³/mol. The summed E-state index contributed by atoms with van der Waals surface area (Å²) in [6.45, 7) is 1.84. The van der Waals surface area contributed by atoms with E-state index in [4.69, 9.17) is 9.47 Å². The number of nitrogens with one attached hydrogen (secondary N) is 2. The highest BCUT2D eigenvalue weighted by atomic mass is 32.1. The zero-order chi connectivity index (χ0) is 26.1. The van der Waals surface area contributed by atoms with E-state index in [0.29, 0.717) is 52.4 Å². The van der Waals surface area contributed by atoms with Gasteiger partial charge >= 0.3 is 0 Å². The van der Waals surface area contributed by atoms with Crippen molar-refractivity contribution < 1.29 is 23.5 Å². The smallest absolute Gasteiger partial charge is 0.254 e. The molecule has 2 atom stereocenters. The maximum atomic E-state index is 13.8. The van der Waals surface area contributed by atoms with Crippen LogP contribution in [0.1, 0.15) is 42.0 Å². The molecule has 0 saturated heterocycles. The van der Waals surface area contributed by atoms with Gasteiger partial charge in [-0.1, -0.05) is 6.07 Å². The van der Waals surface area contributed by atoms with Gasteiger partial charge in [0.05, 0.1) is 20.1 Å². The second-order valence-electron chi connectivity index (χ2n) is 9.10. The van der Waals surface area contributed by atoms with Gasteiger partial charge in [0.2, 0.25) is 0 Å². The maximum absolute atomic E-state index is 13.8. The number of rotatable bonds is 6. The average Bonchev–Trinajstić information content (AvgIpc) is 3.44. The number of amides is 1. The van der Waals surface area contributed by atoms with Crippen LogP contribution in [0.15, 0.2) is 82.5 Å². The zero-order valence-corrected chi connectivity index (χ0v) is 21.6. The molecule has 0 spiro atoms. The molecule has 3 aromatic rings. The van der Waals surface area contributed by atoms with Gasteiger partial charge in [-0.25, -0.2) is 4.39 Å². The van der Waals surface area contributed by atoms with Crippen molar-refractivity contribution in [3.05, 3.63) is 98.8 Å². The molecule has 37 heavy (non-hydrogen) atoms. The number of carbonyl (C=O) groups excluding carboxylic acids is 2. The Labute approximate surface area is 218 Å². The third-order valence-corrected chi connectivity index (χ3v) is 7.90. The lowest BCUT2D eigenvalue weighted by Gasteiger charge is -2.37. The van der Waals surface area contributed by atoms with Crippen LogP contribution in [0.3, 0.4) is 0 Å². The van der Waals surface area contributed by atoms with Crippen LogP contribution in [0, 0.1) is 5.82 Å². The van der Waals surface area contributed by atoms with Gasteiger partial charge < -0.3 is 20.1 Å². The number of dihydropyridines is 1. The highest BCUT2D eigenvalue weighted by Gasteiger charge is 2.42. The summed E-state index contributed by atoms with van der Waals surface area (Å²) < 4.78 is 24.6. The number of Topliss-reactive ketones (excluding diaryl/α,β-unsaturated/α-hetero) is 1. The maximum Gasteiger partial charge on any atom is 0.254 e. The van der Waals surface area contributed by atoms with E-state index in [9.17, 15) is 14.0 Å². The molecule has 0 radical (unpaired) electrons. The van der Waals surface area contributed by atoms with Crippen molar-refractivity contribution in [3.63, 3.8) is 0 Å². The number of methoxy groups -OCH3 is 2. The lowest BCUT2D eigenvalue weighted by atomic mass is 9.72. The van der Waals surface area contributed by atoms with E-state index < -0.39 is 11.7 Å². The first-order valence-corrected chi connectivity index (χ1v) is 12.8. The lowest BCUT2D eigenvalue weighted by Crippen LogP contribution is -2.37. The normalized spacial score (nSPS) is 19.3. The molecule has 8 heteroatoms. The summed E-state index contributed by atoms with van der Waals surface area (Å²) in [7, 11) is 3.13. The van der Waals surface area contributed by atoms with Gasteiger partial charge in [0, 0.05) is 51.0 Å². The Morgan fingerprint density at radius 1 is 1.08 bits per heavy atom. The predicted octanol–water partition coefficient (Wildman–Crippen LogP) is 5.90. The Balaban J connectivity index is 1.62. The molecule has 1 aliphatic carbocycles. The fraction of sp³-hybridized carbons (Fsp3) is 0.241. The van der Waals surface area contributed by atoms with E-state index in [1.807, 2.05) is 24.4 Å². The van der Waals surface area contributed by atoms with E-state index in [0.717, 1.165) is 5.70 Å². The van der Waals surface area contributed by atoms with E-state index in [-0.39, 0.29) is 17.6 Å². The molecule has 0 fully saturated rings. The van der Waals surface area contributed by atoms with Crippen molar-refractivity contribution in [1.82, 2.24) is 5.32 Å². The Morgan fingerprint density at radius 2 is 1.86 bits per heavy atom. The summed E-state index contributed by atoms with van der Waals surface area (Å²) in [6, 6.07) is 15.0. The highest BCUT2D eigenvalue weighted by Crippen LogP contribution is 2.48. The second kappa shape index (κ2) is 10.2. The zero-order valence-electron chi connectivity index (χ0n) is 20.8. The third kappa shape index (κ3) is 4.76. The number of anilines is 1. The first-order valence-electron chi connectivity index (χ1n) is 12.0. The molecule has 0 saturated carbocycles. The Morgan fingerprint density at radius 3 is 2.54 bits per heavy atom. The number of ether oxygens (including phenoxy) is 2. The van der Waals surface area contributed by atoms with Crippen molar-refractivity contribution in [2.24, 2.45) is 0 Å². The minimum Gasteiger partial charge on any atom is -0.497 e. The van der Waals surface area contributed by atoms with Crippen LogP contribution in [0.25, 0.3) is 0 Å². The number of hydrogen-bond donors (Lipinski definition) is 2. The molecule has 2 N–H and O–H groups in total. The summed E-state index contributed by atoms with van der Waals surface area (Å²) in [5.74, 6) is -0.241. The van der Waals surface area contributed by atoms with E-state index in [2.05, 4.69) is 16.7 Å².